The summed E-state index contributed by atoms with van der Waals surface area (Å²) in [6, 6.07) is 0.707. The van der Waals surface area contributed by atoms with Crippen LogP contribution in [0.4, 0.5) is 18.9 Å². The van der Waals surface area contributed by atoms with E-state index in [4.69, 9.17) is 6.57 Å². The van der Waals surface area contributed by atoms with Gasteiger partial charge in [0.15, 0.2) is 0 Å². The molecule has 0 radical (unpaired) electrons. The molecule has 0 saturated carbocycles. The number of hydrogen-bond acceptors (Lipinski definition) is 2. The first kappa shape index (κ1) is 10.3. The largest absolute Gasteiger partial charge is 0.481 e. The Morgan fingerprint density at radius 3 is 2.57 bits per heavy atom. The molecular weight excluding hydrogens is 197 g/mol. The van der Waals surface area contributed by atoms with Crippen molar-refractivity contribution in [2.45, 2.75) is 6.18 Å². The molecule has 0 aliphatic heterocycles. The van der Waals surface area contributed by atoms with Crippen LogP contribution in [0.25, 0.3) is 4.85 Å². The Morgan fingerprint density at radius 2 is 2.14 bits per heavy atom. The number of hydrogen-bond donors (Lipinski definition) is 0. The van der Waals surface area contributed by atoms with Gasteiger partial charge in [-0.3, -0.25) is 0 Å². The number of rotatable bonds is 1. The lowest BCUT2D eigenvalue weighted by Crippen LogP contribution is -2.08. The van der Waals surface area contributed by atoms with Crippen LogP contribution in [-0.4, -0.2) is 12.1 Å². The van der Waals surface area contributed by atoms with Crippen LogP contribution in [0, 0.1) is 6.57 Å². The lowest BCUT2D eigenvalue weighted by molar-refractivity contribution is -0.139. The third-order valence-electron chi connectivity index (χ3n) is 1.46. The Hall–Kier alpha value is -1.77. The van der Waals surface area contributed by atoms with Crippen molar-refractivity contribution in [1.82, 2.24) is 4.98 Å². The van der Waals surface area contributed by atoms with Crippen LogP contribution in [0.1, 0.15) is 5.56 Å². The Morgan fingerprint density at radius 1 is 1.50 bits per heavy atom. The first-order valence-corrected chi connectivity index (χ1v) is 3.47. The van der Waals surface area contributed by atoms with Gasteiger partial charge in [0, 0.05) is 6.20 Å². The number of methoxy groups -OCH3 is 1. The van der Waals surface area contributed by atoms with Gasteiger partial charge in [0.1, 0.15) is 5.56 Å². The van der Waals surface area contributed by atoms with Crippen molar-refractivity contribution in [3.8, 4) is 5.88 Å². The van der Waals surface area contributed by atoms with Crippen LogP contribution in [0.3, 0.4) is 0 Å². The smallest absolute Gasteiger partial charge is 0.420 e. The highest BCUT2D eigenvalue weighted by molar-refractivity contribution is 5.48. The van der Waals surface area contributed by atoms with Gasteiger partial charge < -0.3 is 4.74 Å². The van der Waals surface area contributed by atoms with E-state index in [1.54, 1.807) is 0 Å². The van der Waals surface area contributed by atoms with Crippen molar-refractivity contribution in [3.05, 3.63) is 29.2 Å². The molecule has 0 saturated heterocycles. The molecular formula is C8H5F3N2O. The topological polar surface area (TPSA) is 26.5 Å². The predicted molar refractivity (Wildman–Crippen MR) is 42.1 cm³/mol. The molecule has 74 valence electrons. The minimum Gasteiger partial charge on any atom is -0.481 e. The van der Waals surface area contributed by atoms with E-state index < -0.39 is 17.6 Å². The monoisotopic (exact) mass is 202 g/mol. The number of aromatic nitrogens is 1. The van der Waals surface area contributed by atoms with Gasteiger partial charge in [0.25, 0.3) is 0 Å². The number of ether oxygens (including phenoxy) is 1. The maximum absolute atomic E-state index is 12.3. The van der Waals surface area contributed by atoms with E-state index in [0.717, 1.165) is 13.3 Å². The third-order valence-corrected chi connectivity index (χ3v) is 1.46. The quantitative estimate of drug-likeness (QED) is 0.654. The molecule has 1 heterocycles. The van der Waals surface area contributed by atoms with Gasteiger partial charge in [0.2, 0.25) is 11.6 Å². The number of alkyl halides is 3. The molecule has 0 amide bonds. The summed E-state index contributed by atoms with van der Waals surface area (Å²) in [7, 11) is 1.09. The fraction of sp³-hybridized carbons (Fsp3) is 0.250. The van der Waals surface area contributed by atoms with Gasteiger partial charge in [-0.15, -0.1) is 0 Å². The van der Waals surface area contributed by atoms with E-state index >= 15 is 0 Å². The normalized spacial score (nSPS) is 10.8. The highest BCUT2D eigenvalue weighted by Gasteiger charge is 2.35. The summed E-state index contributed by atoms with van der Waals surface area (Å²) in [5, 5.41) is 0. The molecule has 1 aromatic heterocycles. The van der Waals surface area contributed by atoms with Gasteiger partial charge in [-0.1, -0.05) is 0 Å². The van der Waals surface area contributed by atoms with Crippen LogP contribution < -0.4 is 4.74 Å². The average Bonchev–Trinajstić information content (AvgIpc) is 2.15. The van der Waals surface area contributed by atoms with Gasteiger partial charge in [-0.25, -0.2) is 9.83 Å². The average molecular weight is 202 g/mol. The minimum atomic E-state index is -4.56. The number of halogens is 3. The van der Waals surface area contributed by atoms with Crippen molar-refractivity contribution in [2.75, 3.05) is 7.11 Å². The summed E-state index contributed by atoms with van der Waals surface area (Å²) < 4.78 is 41.4. The molecule has 1 aromatic rings. The van der Waals surface area contributed by atoms with E-state index in [9.17, 15) is 13.2 Å². The summed E-state index contributed by atoms with van der Waals surface area (Å²) >= 11 is 0. The van der Waals surface area contributed by atoms with E-state index in [0.29, 0.717) is 6.07 Å². The maximum atomic E-state index is 12.3. The van der Waals surface area contributed by atoms with Crippen LogP contribution in [-0.2, 0) is 6.18 Å². The van der Waals surface area contributed by atoms with Crippen molar-refractivity contribution < 1.29 is 17.9 Å². The van der Waals surface area contributed by atoms with Crippen molar-refractivity contribution in [3.63, 3.8) is 0 Å². The van der Waals surface area contributed by atoms with E-state index in [-0.39, 0.29) is 5.69 Å². The summed E-state index contributed by atoms with van der Waals surface area (Å²) in [6.45, 7) is 6.55. The molecule has 14 heavy (non-hydrogen) atoms. The molecule has 3 nitrogen and oxygen atoms in total. The third kappa shape index (κ3) is 1.93. The molecule has 0 aromatic carbocycles. The Bertz CT molecular complexity index is 381. The SMILES string of the molecule is [C-]#[N+]c1cnc(OC)c(C(F)(F)F)c1. The molecule has 6 heteroatoms. The summed E-state index contributed by atoms with van der Waals surface area (Å²) in [5.41, 5.74) is -1.20. The second-order valence-corrected chi connectivity index (χ2v) is 2.36. The van der Waals surface area contributed by atoms with Crippen LogP contribution >= 0.6 is 0 Å². The van der Waals surface area contributed by atoms with Gasteiger partial charge in [-0.2, -0.15) is 13.2 Å². The fourth-order valence-corrected chi connectivity index (χ4v) is 0.868. The van der Waals surface area contributed by atoms with Crippen molar-refractivity contribution >= 4 is 5.69 Å². The molecule has 0 fully saturated rings. The fourth-order valence-electron chi connectivity index (χ4n) is 0.868. The van der Waals surface area contributed by atoms with E-state index in [1.807, 2.05) is 0 Å². The Balaban J connectivity index is 3.31. The highest BCUT2D eigenvalue weighted by atomic mass is 19.4. The van der Waals surface area contributed by atoms with Crippen molar-refractivity contribution in [2.24, 2.45) is 0 Å². The standard InChI is InChI=1S/C8H5F3N2O/c1-12-5-3-6(8(9,10)11)7(14-2)13-4-5/h3-4H,2H3. The Kier molecular flexibility index (Phi) is 2.60. The second-order valence-electron chi connectivity index (χ2n) is 2.36. The second kappa shape index (κ2) is 3.54. The van der Waals surface area contributed by atoms with E-state index in [1.165, 1.54) is 0 Å². The highest BCUT2D eigenvalue weighted by Crippen LogP contribution is 2.36. The Labute approximate surface area is 78.0 Å². The maximum Gasteiger partial charge on any atom is 0.420 e. The lowest BCUT2D eigenvalue weighted by Gasteiger charge is -2.10. The first-order chi connectivity index (χ1) is 6.49. The molecule has 0 N–H and O–H groups in total. The van der Waals surface area contributed by atoms with Gasteiger partial charge >= 0.3 is 6.18 Å². The van der Waals surface area contributed by atoms with Gasteiger partial charge in [-0.05, 0) is 6.07 Å². The molecule has 0 unspecified atom stereocenters. The summed E-state index contributed by atoms with van der Waals surface area (Å²) in [5.74, 6) is -0.523. The number of pyridine rings is 1. The summed E-state index contributed by atoms with van der Waals surface area (Å²) in [4.78, 5) is 6.23. The van der Waals surface area contributed by atoms with Crippen LogP contribution in [0.5, 0.6) is 5.88 Å². The van der Waals surface area contributed by atoms with Gasteiger partial charge in [0.05, 0.1) is 13.7 Å². The van der Waals surface area contributed by atoms with Crippen molar-refractivity contribution in [1.29, 1.82) is 0 Å². The first-order valence-electron chi connectivity index (χ1n) is 3.47. The van der Waals surface area contributed by atoms with Crippen LogP contribution in [0.2, 0.25) is 0 Å². The van der Waals surface area contributed by atoms with Crippen LogP contribution in [0.15, 0.2) is 12.3 Å². The molecule has 1 rings (SSSR count). The lowest BCUT2D eigenvalue weighted by atomic mass is 10.2. The number of nitrogens with zero attached hydrogens (tertiary/aromatic N) is 2. The molecule has 0 bridgehead atoms. The molecule has 0 aliphatic carbocycles. The predicted octanol–water partition coefficient (Wildman–Crippen LogP) is 2.66. The summed E-state index contributed by atoms with van der Waals surface area (Å²) in [6.07, 6.45) is -3.53. The van der Waals surface area contributed by atoms with E-state index in [2.05, 4.69) is 14.6 Å². The zero-order valence-electron chi connectivity index (χ0n) is 7.09. The molecule has 0 spiro atoms. The molecule has 0 aliphatic rings. The zero-order chi connectivity index (χ0) is 10.8. The molecule has 0 atom stereocenters. The zero-order valence-corrected chi connectivity index (χ0v) is 7.09. The minimum absolute atomic E-state index is 0.168.